The molecule has 0 saturated carbocycles. The maximum atomic E-state index is 12.2. The van der Waals surface area contributed by atoms with Gasteiger partial charge in [-0.3, -0.25) is 4.79 Å². The van der Waals surface area contributed by atoms with E-state index in [1.807, 2.05) is 0 Å². The maximum Gasteiger partial charge on any atom is 0.227 e. The lowest BCUT2D eigenvalue weighted by molar-refractivity contribution is -0.160. The van der Waals surface area contributed by atoms with Crippen LogP contribution >= 0.6 is 0 Å². The molecule has 0 aromatic carbocycles. The summed E-state index contributed by atoms with van der Waals surface area (Å²) >= 11 is 0. The van der Waals surface area contributed by atoms with Crippen LogP contribution in [0.5, 0.6) is 0 Å². The number of amides is 1. The van der Waals surface area contributed by atoms with E-state index in [9.17, 15) is 4.79 Å². The third kappa shape index (κ3) is 1.55. The van der Waals surface area contributed by atoms with E-state index in [0.29, 0.717) is 11.3 Å². The van der Waals surface area contributed by atoms with Crippen molar-refractivity contribution in [3.63, 3.8) is 0 Å². The summed E-state index contributed by atoms with van der Waals surface area (Å²) in [5.74, 6) is 0.685. The number of carbonyl (C=O) groups excluding carboxylic acids is 1. The van der Waals surface area contributed by atoms with Gasteiger partial charge in [0.15, 0.2) is 0 Å². The van der Waals surface area contributed by atoms with Gasteiger partial charge in [-0.15, -0.1) is 0 Å². The van der Waals surface area contributed by atoms with Crippen LogP contribution in [0.25, 0.3) is 0 Å². The van der Waals surface area contributed by atoms with Crippen molar-refractivity contribution in [1.82, 2.24) is 14.7 Å². The minimum atomic E-state index is 0.278. The Balaban J connectivity index is 1.51. The van der Waals surface area contributed by atoms with Gasteiger partial charge in [-0.1, -0.05) is 0 Å². The number of hydrogen-bond donors (Lipinski definition) is 0. The van der Waals surface area contributed by atoms with Gasteiger partial charge in [0, 0.05) is 38.1 Å². The maximum absolute atomic E-state index is 12.2. The predicted octanol–water partition coefficient (Wildman–Crippen LogP) is -0.288. The highest BCUT2D eigenvalue weighted by molar-refractivity contribution is 5.80. The van der Waals surface area contributed by atoms with Gasteiger partial charge in [0.1, 0.15) is 0 Å². The smallest absolute Gasteiger partial charge is 0.227 e. The van der Waals surface area contributed by atoms with Crippen LogP contribution in [-0.2, 0) is 4.79 Å². The molecule has 3 saturated heterocycles. The van der Waals surface area contributed by atoms with Crippen molar-refractivity contribution in [2.45, 2.75) is 6.42 Å². The van der Waals surface area contributed by atoms with E-state index in [-0.39, 0.29) is 5.92 Å². The van der Waals surface area contributed by atoms with Gasteiger partial charge in [-0.05, 0) is 27.1 Å². The van der Waals surface area contributed by atoms with E-state index >= 15 is 0 Å². The zero-order valence-corrected chi connectivity index (χ0v) is 10.3. The molecule has 0 bridgehead atoms. The van der Waals surface area contributed by atoms with E-state index in [1.165, 1.54) is 13.1 Å². The highest BCUT2D eigenvalue weighted by Gasteiger charge is 2.52. The Morgan fingerprint density at radius 1 is 1.12 bits per heavy atom. The highest BCUT2D eigenvalue weighted by Crippen LogP contribution is 2.39. The number of carbonyl (C=O) groups is 1. The Bertz CT molecular complexity index is 303. The molecule has 0 aromatic rings. The minimum Gasteiger partial charge on any atom is -0.341 e. The van der Waals surface area contributed by atoms with E-state index in [2.05, 4.69) is 28.8 Å². The normalized spacial score (nSPS) is 33.9. The SMILES string of the molecule is CN1CCC(C(=O)N2CC3(CN(C)C3)C2)C1. The first-order valence-corrected chi connectivity index (χ1v) is 6.24. The van der Waals surface area contributed by atoms with Gasteiger partial charge in [0.2, 0.25) is 5.91 Å². The van der Waals surface area contributed by atoms with Crippen LogP contribution in [0.2, 0.25) is 0 Å². The van der Waals surface area contributed by atoms with Crippen LogP contribution in [0, 0.1) is 11.3 Å². The average Bonchev–Trinajstić information content (AvgIpc) is 2.55. The lowest BCUT2D eigenvalue weighted by atomic mass is 9.73. The highest BCUT2D eigenvalue weighted by atomic mass is 16.2. The quantitative estimate of drug-likeness (QED) is 0.611. The Hall–Kier alpha value is -0.610. The van der Waals surface area contributed by atoms with E-state index in [4.69, 9.17) is 0 Å². The zero-order valence-electron chi connectivity index (χ0n) is 10.3. The minimum absolute atomic E-state index is 0.278. The molecule has 4 heteroatoms. The first-order chi connectivity index (χ1) is 7.58. The van der Waals surface area contributed by atoms with Crippen LogP contribution in [0.3, 0.4) is 0 Å². The topological polar surface area (TPSA) is 26.8 Å². The Kier molecular flexibility index (Phi) is 2.27. The number of hydrogen-bond acceptors (Lipinski definition) is 3. The zero-order chi connectivity index (χ0) is 11.3. The lowest BCUT2D eigenvalue weighted by Gasteiger charge is -2.59. The second-order valence-electron chi connectivity index (χ2n) is 6.11. The molecule has 1 amide bonds. The third-order valence-corrected chi connectivity index (χ3v) is 4.32. The molecule has 0 aliphatic carbocycles. The molecule has 4 nitrogen and oxygen atoms in total. The summed E-state index contributed by atoms with van der Waals surface area (Å²) in [4.78, 5) is 18.8. The Morgan fingerprint density at radius 3 is 2.31 bits per heavy atom. The van der Waals surface area contributed by atoms with Crippen molar-refractivity contribution in [3.05, 3.63) is 0 Å². The molecule has 0 radical (unpaired) electrons. The van der Waals surface area contributed by atoms with Crippen LogP contribution in [0.15, 0.2) is 0 Å². The van der Waals surface area contributed by atoms with Crippen molar-refractivity contribution >= 4 is 5.91 Å². The molecule has 1 atom stereocenters. The van der Waals surface area contributed by atoms with Gasteiger partial charge in [0.25, 0.3) is 0 Å². The monoisotopic (exact) mass is 223 g/mol. The molecular weight excluding hydrogens is 202 g/mol. The van der Waals surface area contributed by atoms with Crippen LogP contribution in [0.4, 0.5) is 0 Å². The lowest BCUT2D eigenvalue weighted by Crippen LogP contribution is -2.72. The molecule has 0 N–H and O–H groups in total. The molecule has 90 valence electrons. The molecule has 3 rings (SSSR count). The third-order valence-electron chi connectivity index (χ3n) is 4.32. The van der Waals surface area contributed by atoms with Crippen molar-refractivity contribution in [1.29, 1.82) is 0 Å². The van der Waals surface area contributed by atoms with Gasteiger partial charge in [-0.2, -0.15) is 0 Å². The summed E-state index contributed by atoms with van der Waals surface area (Å²) < 4.78 is 0. The van der Waals surface area contributed by atoms with Gasteiger partial charge >= 0.3 is 0 Å². The second kappa shape index (κ2) is 3.44. The summed E-state index contributed by atoms with van der Waals surface area (Å²) in [6.07, 6.45) is 1.05. The first kappa shape index (κ1) is 10.5. The van der Waals surface area contributed by atoms with Crippen molar-refractivity contribution in [3.8, 4) is 0 Å². The molecular formula is C12H21N3O. The number of nitrogens with zero attached hydrogens (tertiary/aromatic N) is 3. The fraction of sp³-hybridized carbons (Fsp3) is 0.917. The predicted molar refractivity (Wildman–Crippen MR) is 62.1 cm³/mol. The van der Waals surface area contributed by atoms with E-state index < -0.39 is 0 Å². The Labute approximate surface area is 97.2 Å². The Morgan fingerprint density at radius 2 is 1.81 bits per heavy atom. The standard InChI is InChI=1S/C12H21N3O/c1-13-4-3-10(5-13)11(16)15-8-12(9-15)6-14(2)7-12/h10H,3-9H2,1-2H3. The molecule has 1 spiro atoms. The molecule has 3 fully saturated rings. The number of likely N-dealkylation sites (tertiary alicyclic amines) is 3. The summed E-state index contributed by atoms with van der Waals surface area (Å²) in [6, 6.07) is 0. The summed E-state index contributed by atoms with van der Waals surface area (Å²) in [6.45, 7) is 6.43. The molecule has 16 heavy (non-hydrogen) atoms. The van der Waals surface area contributed by atoms with Crippen molar-refractivity contribution in [2.24, 2.45) is 11.3 Å². The van der Waals surface area contributed by atoms with Crippen molar-refractivity contribution < 1.29 is 4.79 Å². The average molecular weight is 223 g/mol. The number of rotatable bonds is 1. The second-order valence-corrected chi connectivity index (χ2v) is 6.11. The summed E-state index contributed by atoms with van der Waals surface area (Å²) in [5, 5.41) is 0. The van der Waals surface area contributed by atoms with Gasteiger partial charge < -0.3 is 14.7 Å². The fourth-order valence-corrected chi connectivity index (χ4v) is 3.61. The molecule has 3 heterocycles. The van der Waals surface area contributed by atoms with Crippen molar-refractivity contribution in [2.75, 3.05) is 53.4 Å². The summed E-state index contributed by atoms with van der Waals surface area (Å²) in [7, 11) is 4.26. The van der Waals surface area contributed by atoms with Gasteiger partial charge in [-0.25, -0.2) is 0 Å². The molecule has 1 unspecified atom stereocenters. The van der Waals surface area contributed by atoms with Gasteiger partial charge in [0.05, 0.1) is 5.92 Å². The van der Waals surface area contributed by atoms with Crippen LogP contribution in [0.1, 0.15) is 6.42 Å². The van der Waals surface area contributed by atoms with E-state index in [0.717, 1.165) is 32.6 Å². The van der Waals surface area contributed by atoms with Crippen LogP contribution < -0.4 is 0 Å². The van der Waals surface area contributed by atoms with Crippen LogP contribution in [-0.4, -0.2) is 74.0 Å². The first-order valence-electron chi connectivity index (χ1n) is 6.24. The molecule has 3 aliphatic heterocycles. The molecule has 0 aromatic heterocycles. The summed E-state index contributed by atoms with van der Waals surface area (Å²) in [5.41, 5.74) is 0.481. The fourth-order valence-electron chi connectivity index (χ4n) is 3.61. The molecule has 3 aliphatic rings. The van der Waals surface area contributed by atoms with E-state index in [1.54, 1.807) is 0 Å². The largest absolute Gasteiger partial charge is 0.341 e.